The molecule has 0 atom stereocenters. The highest BCUT2D eigenvalue weighted by molar-refractivity contribution is 6.02. The first-order valence-corrected chi connectivity index (χ1v) is 5.69. The Hall–Kier alpha value is -1.89. The lowest BCUT2D eigenvalue weighted by Crippen LogP contribution is -2.44. The normalized spacial score (nSPS) is 19.3. The number of nitrogens with one attached hydrogen (secondary N) is 3. The molecule has 2 aliphatic heterocycles. The third kappa shape index (κ3) is 1.89. The van der Waals surface area contributed by atoms with Crippen molar-refractivity contribution in [3.05, 3.63) is 6.33 Å². The van der Waals surface area contributed by atoms with Crippen molar-refractivity contribution in [3.8, 4) is 0 Å². The maximum absolute atomic E-state index is 11.4. The summed E-state index contributed by atoms with van der Waals surface area (Å²) in [5.74, 6) is 1.45. The summed E-state index contributed by atoms with van der Waals surface area (Å²) in [5.41, 5.74) is 0.700. The zero-order valence-electron chi connectivity index (χ0n) is 9.36. The zero-order chi connectivity index (χ0) is 11.7. The number of aromatic nitrogens is 2. The summed E-state index contributed by atoms with van der Waals surface area (Å²) in [6, 6.07) is 0. The number of piperazine rings is 1. The molecule has 1 aromatic heterocycles. The van der Waals surface area contributed by atoms with Crippen LogP contribution in [-0.4, -0.2) is 48.6 Å². The van der Waals surface area contributed by atoms with E-state index in [-0.39, 0.29) is 12.5 Å². The minimum Gasteiger partial charge on any atom is -0.359 e. The van der Waals surface area contributed by atoms with Crippen molar-refractivity contribution in [2.24, 2.45) is 0 Å². The van der Waals surface area contributed by atoms with Gasteiger partial charge in [0.05, 0.1) is 6.54 Å². The molecule has 1 amide bonds. The third-order valence-electron chi connectivity index (χ3n) is 2.92. The fourth-order valence-electron chi connectivity index (χ4n) is 2.09. The number of carbonyl (C=O) groups is 1. The average molecular weight is 234 g/mol. The lowest BCUT2D eigenvalue weighted by molar-refractivity contribution is -0.114. The number of rotatable bonds is 1. The van der Waals surface area contributed by atoms with Crippen molar-refractivity contribution in [3.63, 3.8) is 0 Å². The molecule has 17 heavy (non-hydrogen) atoms. The molecule has 0 spiro atoms. The number of nitrogens with zero attached hydrogens (tertiary/aromatic N) is 3. The first-order valence-electron chi connectivity index (χ1n) is 5.69. The maximum atomic E-state index is 11.4. The van der Waals surface area contributed by atoms with E-state index in [0.717, 1.165) is 32.0 Å². The topological polar surface area (TPSA) is 82.2 Å². The monoisotopic (exact) mass is 234 g/mol. The smallest absolute Gasteiger partial charge is 0.243 e. The molecule has 7 nitrogen and oxygen atoms in total. The van der Waals surface area contributed by atoms with Gasteiger partial charge in [-0.3, -0.25) is 4.79 Å². The fourth-order valence-corrected chi connectivity index (χ4v) is 2.09. The predicted molar refractivity (Wildman–Crippen MR) is 64.2 cm³/mol. The van der Waals surface area contributed by atoms with Gasteiger partial charge in [-0.05, 0) is 0 Å². The number of fused-ring (bicyclic) bond motifs is 1. The zero-order valence-corrected chi connectivity index (χ0v) is 9.36. The van der Waals surface area contributed by atoms with Crippen LogP contribution in [0.5, 0.6) is 0 Å². The van der Waals surface area contributed by atoms with E-state index in [1.54, 1.807) is 0 Å². The van der Waals surface area contributed by atoms with Gasteiger partial charge in [-0.1, -0.05) is 0 Å². The van der Waals surface area contributed by atoms with Crippen LogP contribution in [0.4, 0.5) is 17.3 Å². The Balaban J connectivity index is 1.95. The highest BCUT2D eigenvalue weighted by Crippen LogP contribution is 2.31. The highest BCUT2D eigenvalue weighted by Gasteiger charge is 2.23. The Bertz CT molecular complexity index is 442. The number of hydrogen-bond acceptors (Lipinski definition) is 6. The first kappa shape index (κ1) is 10.3. The minimum absolute atomic E-state index is 0.0521. The molecule has 0 radical (unpaired) electrons. The molecule has 2 aliphatic rings. The van der Waals surface area contributed by atoms with Gasteiger partial charge < -0.3 is 20.9 Å². The SMILES string of the molecule is O=C1CNc2ncnc(N3CCNCC3)c2N1. The van der Waals surface area contributed by atoms with E-state index in [1.807, 2.05) is 0 Å². The van der Waals surface area contributed by atoms with E-state index in [4.69, 9.17) is 0 Å². The van der Waals surface area contributed by atoms with Crippen molar-refractivity contribution in [2.75, 3.05) is 48.3 Å². The summed E-state index contributed by atoms with van der Waals surface area (Å²) in [6.45, 7) is 3.91. The molecule has 0 aromatic carbocycles. The molecule has 0 bridgehead atoms. The molecule has 1 saturated heterocycles. The van der Waals surface area contributed by atoms with Gasteiger partial charge >= 0.3 is 0 Å². The van der Waals surface area contributed by atoms with E-state index >= 15 is 0 Å². The van der Waals surface area contributed by atoms with Crippen LogP contribution in [0.15, 0.2) is 6.33 Å². The van der Waals surface area contributed by atoms with Crippen LogP contribution in [0, 0.1) is 0 Å². The van der Waals surface area contributed by atoms with E-state index in [1.165, 1.54) is 6.33 Å². The fraction of sp³-hybridized carbons (Fsp3) is 0.500. The maximum Gasteiger partial charge on any atom is 0.243 e. The van der Waals surface area contributed by atoms with Gasteiger partial charge in [0.25, 0.3) is 0 Å². The molecule has 0 unspecified atom stereocenters. The van der Waals surface area contributed by atoms with E-state index < -0.39 is 0 Å². The van der Waals surface area contributed by atoms with Gasteiger partial charge in [0.2, 0.25) is 5.91 Å². The van der Waals surface area contributed by atoms with Crippen LogP contribution < -0.4 is 20.9 Å². The Morgan fingerprint density at radius 2 is 2.06 bits per heavy atom. The second-order valence-electron chi connectivity index (χ2n) is 4.06. The largest absolute Gasteiger partial charge is 0.359 e. The summed E-state index contributed by atoms with van der Waals surface area (Å²) in [5, 5.41) is 9.11. The van der Waals surface area contributed by atoms with Crippen molar-refractivity contribution < 1.29 is 4.79 Å². The van der Waals surface area contributed by atoms with Crippen LogP contribution in [0.2, 0.25) is 0 Å². The lowest BCUT2D eigenvalue weighted by atomic mass is 10.3. The minimum atomic E-state index is -0.0521. The molecule has 3 rings (SSSR count). The molecule has 0 aliphatic carbocycles. The van der Waals surface area contributed by atoms with Crippen molar-refractivity contribution >= 4 is 23.2 Å². The third-order valence-corrected chi connectivity index (χ3v) is 2.92. The number of hydrogen-bond donors (Lipinski definition) is 3. The molecule has 3 heterocycles. The Morgan fingerprint density at radius 3 is 2.88 bits per heavy atom. The van der Waals surface area contributed by atoms with Crippen molar-refractivity contribution in [1.82, 2.24) is 15.3 Å². The van der Waals surface area contributed by atoms with Gasteiger partial charge in [-0.25, -0.2) is 9.97 Å². The molecule has 1 fully saturated rings. The Kier molecular flexibility index (Phi) is 2.52. The second kappa shape index (κ2) is 4.17. The molecule has 7 heteroatoms. The quantitative estimate of drug-likeness (QED) is 0.593. The number of amides is 1. The van der Waals surface area contributed by atoms with Crippen molar-refractivity contribution in [1.29, 1.82) is 0 Å². The Morgan fingerprint density at radius 1 is 1.24 bits per heavy atom. The van der Waals surface area contributed by atoms with Crippen molar-refractivity contribution in [2.45, 2.75) is 0 Å². The van der Waals surface area contributed by atoms with Crippen LogP contribution in [0.25, 0.3) is 0 Å². The number of anilines is 3. The molecular formula is C10H14N6O. The molecule has 1 aromatic rings. The standard InChI is InChI=1S/C10H14N6O/c17-7-5-12-9-8(15-7)10(14-6-13-9)16-3-1-11-2-4-16/h6,11H,1-5H2,(H,15,17)(H,12,13,14). The van der Waals surface area contributed by atoms with Gasteiger partial charge in [0, 0.05) is 26.2 Å². The molecular weight excluding hydrogens is 220 g/mol. The number of carbonyl (C=O) groups excluding carboxylic acids is 1. The average Bonchev–Trinajstić information content (AvgIpc) is 2.39. The summed E-state index contributed by atoms with van der Waals surface area (Å²) < 4.78 is 0. The second-order valence-corrected chi connectivity index (χ2v) is 4.06. The van der Waals surface area contributed by atoms with Gasteiger partial charge in [0.15, 0.2) is 11.6 Å². The van der Waals surface area contributed by atoms with E-state index in [2.05, 4.69) is 30.8 Å². The summed E-state index contributed by atoms with van der Waals surface area (Å²) in [7, 11) is 0. The molecule has 90 valence electrons. The summed E-state index contributed by atoms with van der Waals surface area (Å²) >= 11 is 0. The highest BCUT2D eigenvalue weighted by atomic mass is 16.2. The molecule has 3 N–H and O–H groups in total. The summed E-state index contributed by atoms with van der Waals surface area (Å²) in [4.78, 5) is 22.0. The van der Waals surface area contributed by atoms with E-state index in [9.17, 15) is 4.79 Å². The van der Waals surface area contributed by atoms with Gasteiger partial charge in [-0.15, -0.1) is 0 Å². The van der Waals surface area contributed by atoms with Crippen LogP contribution in [0.3, 0.4) is 0 Å². The van der Waals surface area contributed by atoms with Gasteiger partial charge in [0.1, 0.15) is 12.0 Å². The van der Waals surface area contributed by atoms with Gasteiger partial charge in [-0.2, -0.15) is 0 Å². The van der Waals surface area contributed by atoms with Crippen LogP contribution >= 0.6 is 0 Å². The first-order chi connectivity index (χ1) is 8.34. The Labute approximate surface area is 98.6 Å². The van der Waals surface area contributed by atoms with E-state index in [0.29, 0.717) is 11.5 Å². The lowest BCUT2D eigenvalue weighted by Gasteiger charge is -2.31. The molecule has 0 saturated carbocycles. The predicted octanol–water partition coefficient (Wildman–Crippen LogP) is -0.750. The summed E-state index contributed by atoms with van der Waals surface area (Å²) in [6.07, 6.45) is 1.53. The van der Waals surface area contributed by atoms with Crippen LogP contribution in [-0.2, 0) is 4.79 Å². The van der Waals surface area contributed by atoms with Crippen LogP contribution in [0.1, 0.15) is 0 Å².